The van der Waals surface area contributed by atoms with E-state index in [4.69, 9.17) is 0 Å². The van der Waals surface area contributed by atoms with Gasteiger partial charge in [-0.25, -0.2) is 9.50 Å². The molecule has 3 rings (SSSR count). The van der Waals surface area contributed by atoms with Gasteiger partial charge >= 0.3 is 6.18 Å². The summed E-state index contributed by atoms with van der Waals surface area (Å²) in [4.78, 5) is 16.6. The Kier molecular flexibility index (Phi) is 4.44. The number of nitrogens with one attached hydrogen (secondary N) is 1. The second-order valence-electron chi connectivity index (χ2n) is 7.20. The molecule has 0 saturated heterocycles. The number of carbonyl (C=O) groups excluding carboxylic acids is 1. The Hall–Kier alpha value is -2.91. The van der Waals surface area contributed by atoms with Gasteiger partial charge in [0.15, 0.2) is 11.3 Å². The zero-order chi connectivity index (χ0) is 20.0. The average molecular weight is 380 g/mol. The third-order valence-electron chi connectivity index (χ3n) is 4.07. The summed E-state index contributed by atoms with van der Waals surface area (Å²) in [6.07, 6.45) is -3.05. The number of hydrogen-bond donors (Lipinski definition) is 1. The van der Waals surface area contributed by atoms with E-state index in [1.165, 1.54) is 6.07 Å². The van der Waals surface area contributed by atoms with Crippen molar-refractivity contribution in [1.29, 1.82) is 0 Å². The summed E-state index contributed by atoms with van der Waals surface area (Å²) in [7, 11) is 1.72. The predicted molar refractivity (Wildman–Crippen MR) is 91.1 cm³/mol. The zero-order valence-corrected chi connectivity index (χ0v) is 15.3. The molecule has 1 amide bonds. The van der Waals surface area contributed by atoms with Crippen LogP contribution in [0.3, 0.4) is 0 Å². The molecular formula is C17H19F3N6O. The standard InChI is InChI=1S/C17H19F3N6O/c1-16(2,3)12-8-13(17(18,19)20)26-14(23-12)7-11(24-26)15(27)21-9-10-5-6-22-25(10)4/h5-8H,9H2,1-4H3,(H,21,27). The summed E-state index contributed by atoms with van der Waals surface area (Å²) in [6.45, 7) is 5.48. The number of fused-ring (bicyclic) bond motifs is 1. The van der Waals surface area contributed by atoms with E-state index in [1.807, 2.05) is 0 Å². The van der Waals surface area contributed by atoms with E-state index in [0.29, 0.717) is 4.52 Å². The van der Waals surface area contributed by atoms with E-state index in [2.05, 4.69) is 20.5 Å². The molecule has 3 aromatic rings. The molecule has 3 aromatic heterocycles. The third-order valence-corrected chi connectivity index (χ3v) is 4.07. The minimum absolute atomic E-state index is 0.0274. The first-order valence-electron chi connectivity index (χ1n) is 8.20. The Morgan fingerprint density at radius 1 is 1.22 bits per heavy atom. The van der Waals surface area contributed by atoms with Crippen molar-refractivity contribution >= 4 is 11.6 Å². The molecule has 0 saturated carbocycles. The van der Waals surface area contributed by atoms with Gasteiger partial charge < -0.3 is 5.32 Å². The Morgan fingerprint density at radius 3 is 2.48 bits per heavy atom. The van der Waals surface area contributed by atoms with Crippen molar-refractivity contribution in [3.63, 3.8) is 0 Å². The second-order valence-corrected chi connectivity index (χ2v) is 7.20. The molecule has 0 fully saturated rings. The van der Waals surface area contributed by atoms with Gasteiger partial charge in [0.1, 0.15) is 5.69 Å². The van der Waals surface area contributed by atoms with Crippen LogP contribution in [-0.2, 0) is 25.2 Å². The van der Waals surface area contributed by atoms with Crippen molar-refractivity contribution < 1.29 is 18.0 Å². The quantitative estimate of drug-likeness (QED) is 0.758. The van der Waals surface area contributed by atoms with Gasteiger partial charge in [-0.1, -0.05) is 20.8 Å². The summed E-state index contributed by atoms with van der Waals surface area (Å²) < 4.78 is 42.7. The highest BCUT2D eigenvalue weighted by Gasteiger charge is 2.36. The molecule has 3 heterocycles. The van der Waals surface area contributed by atoms with Crippen LogP contribution in [0.2, 0.25) is 0 Å². The molecule has 7 nitrogen and oxygen atoms in total. The van der Waals surface area contributed by atoms with E-state index in [9.17, 15) is 18.0 Å². The van der Waals surface area contributed by atoms with Gasteiger partial charge in [0.25, 0.3) is 5.91 Å². The van der Waals surface area contributed by atoms with Gasteiger partial charge in [-0.3, -0.25) is 9.48 Å². The first-order valence-corrected chi connectivity index (χ1v) is 8.20. The van der Waals surface area contributed by atoms with Crippen molar-refractivity contribution in [2.45, 2.75) is 38.9 Å². The summed E-state index contributed by atoms with van der Waals surface area (Å²) in [5.41, 5.74) is -0.710. The number of aromatic nitrogens is 5. The van der Waals surface area contributed by atoms with E-state index < -0.39 is 23.2 Å². The molecule has 0 aromatic carbocycles. The fourth-order valence-corrected chi connectivity index (χ4v) is 2.51. The molecule has 0 aliphatic rings. The smallest absolute Gasteiger partial charge is 0.345 e. The Labute approximate surface area is 153 Å². The fraction of sp³-hybridized carbons (Fsp3) is 0.412. The Bertz CT molecular complexity index is 996. The van der Waals surface area contributed by atoms with Crippen molar-refractivity contribution in [2.75, 3.05) is 0 Å². The zero-order valence-electron chi connectivity index (χ0n) is 15.3. The number of rotatable bonds is 3. The second kappa shape index (κ2) is 6.36. The van der Waals surface area contributed by atoms with Crippen LogP contribution >= 0.6 is 0 Å². The lowest BCUT2D eigenvalue weighted by Gasteiger charge is -2.19. The van der Waals surface area contributed by atoms with Gasteiger partial charge in [-0.2, -0.15) is 23.4 Å². The Morgan fingerprint density at radius 2 is 1.93 bits per heavy atom. The molecule has 10 heteroatoms. The number of carbonyl (C=O) groups is 1. The van der Waals surface area contributed by atoms with E-state index in [-0.39, 0.29) is 23.6 Å². The van der Waals surface area contributed by atoms with Gasteiger partial charge in [-0.15, -0.1) is 0 Å². The minimum Gasteiger partial charge on any atom is -0.345 e. The van der Waals surface area contributed by atoms with E-state index in [0.717, 1.165) is 11.8 Å². The molecule has 27 heavy (non-hydrogen) atoms. The SMILES string of the molecule is Cn1nccc1CNC(=O)c1cc2nc(C(C)(C)C)cc(C(F)(F)F)n2n1. The number of alkyl halides is 3. The number of nitrogens with zero attached hydrogens (tertiary/aromatic N) is 5. The monoisotopic (exact) mass is 380 g/mol. The van der Waals surface area contributed by atoms with Gasteiger partial charge in [0, 0.05) is 24.7 Å². The van der Waals surface area contributed by atoms with E-state index >= 15 is 0 Å². The van der Waals surface area contributed by atoms with Crippen LogP contribution in [0, 0.1) is 0 Å². The lowest BCUT2D eigenvalue weighted by molar-refractivity contribution is -0.142. The predicted octanol–water partition coefficient (Wildman–Crippen LogP) is 2.71. The van der Waals surface area contributed by atoms with Crippen molar-refractivity contribution in [2.24, 2.45) is 7.05 Å². The van der Waals surface area contributed by atoms with Gasteiger partial charge in [0.05, 0.1) is 17.9 Å². The highest BCUT2D eigenvalue weighted by atomic mass is 19.4. The summed E-state index contributed by atoms with van der Waals surface area (Å²) in [5.74, 6) is -0.591. The van der Waals surface area contributed by atoms with Crippen LogP contribution in [0.4, 0.5) is 13.2 Å². The minimum atomic E-state index is -4.63. The van der Waals surface area contributed by atoms with Crippen molar-refractivity contribution in [3.8, 4) is 0 Å². The maximum atomic E-state index is 13.5. The van der Waals surface area contributed by atoms with Crippen molar-refractivity contribution in [3.05, 3.63) is 47.2 Å². The van der Waals surface area contributed by atoms with Gasteiger partial charge in [-0.05, 0) is 12.1 Å². The van der Waals surface area contributed by atoms with Gasteiger partial charge in [0.2, 0.25) is 0 Å². The lowest BCUT2D eigenvalue weighted by Crippen LogP contribution is -2.24. The molecule has 0 atom stereocenters. The fourth-order valence-electron chi connectivity index (χ4n) is 2.51. The summed E-state index contributed by atoms with van der Waals surface area (Å²) in [5, 5.41) is 10.4. The van der Waals surface area contributed by atoms with E-state index in [1.54, 1.807) is 44.8 Å². The molecule has 0 bridgehead atoms. The van der Waals surface area contributed by atoms with Crippen LogP contribution in [0.15, 0.2) is 24.4 Å². The maximum absolute atomic E-state index is 13.5. The molecule has 0 aliphatic heterocycles. The van der Waals surface area contributed by atoms with Crippen molar-refractivity contribution in [1.82, 2.24) is 29.7 Å². The van der Waals surface area contributed by atoms with Crippen LogP contribution in [0.1, 0.15) is 48.3 Å². The molecule has 0 spiro atoms. The molecule has 0 aliphatic carbocycles. The average Bonchev–Trinajstić information content (AvgIpc) is 3.15. The molecule has 1 N–H and O–H groups in total. The number of aryl methyl sites for hydroxylation is 1. The Balaban J connectivity index is 1.98. The molecule has 0 unspecified atom stereocenters. The first-order chi connectivity index (χ1) is 12.5. The normalized spacial score (nSPS) is 12.6. The highest BCUT2D eigenvalue weighted by Crippen LogP contribution is 2.32. The largest absolute Gasteiger partial charge is 0.433 e. The summed E-state index contributed by atoms with van der Waals surface area (Å²) >= 11 is 0. The molecule has 144 valence electrons. The lowest BCUT2D eigenvalue weighted by atomic mass is 9.91. The molecular weight excluding hydrogens is 361 g/mol. The van der Waals surface area contributed by atoms with Crippen LogP contribution in [0.25, 0.3) is 5.65 Å². The first kappa shape index (κ1) is 18.9. The molecule has 0 radical (unpaired) electrons. The van der Waals surface area contributed by atoms with Crippen LogP contribution in [0.5, 0.6) is 0 Å². The number of amides is 1. The number of hydrogen-bond acceptors (Lipinski definition) is 4. The number of halogens is 3. The van der Waals surface area contributed by atoms with Crippen LogP contribution < -0.4 is 5.32 Å². The maximum Gasteiger partial charge on any atom is 0.433 e. The third kappa shape index (κ3) is 3.79. The van der Waals surface area contributed by atoms with Crippen LogP contribution in [-0.4, -0.2) is 30.3 Å². The topological polar surface area (TPSA) is 77.1 Å². The summed E-state index contributed by atoms with van der Waals surface area (Å²) in [6, 6.07) is 3.95. The highest BCUT2D eigenvalue weighted by molar-refractivity contribution is 5.93.